The number of rotatable bonds is 11. The van der Waals surface area contributed by atoms with Crippen LogP contribution in [0.25, 0.3) is 20.7 Å². The highest BCUT2D eigenvalue weighted by Crippen LogP contribution is 2.40. The monoisotopic (exact) mass is 689 g/mol. The third-order valence-electron chi connectivity index (χ3n) is 8.95. The van der Waals surface area contributed by atoms with Gasteiger partial charge in [-0.1, -0.05) is 78.9 Å². The standard InChI is InChI=1S/C40H33F2N3O4S/c1-44(21-25-9-4-2-5-10-25)22-30-34-36(47)31(35(46)26-11-6-3-7-12-26)24-45(23-29-32(41)13-8-14-33(29)42)38(34)50-37(30)27-15-17-28(18-16-27)43-39(48)40(49)19-20-40/h2-18,24,49H,19-23H2,1H3,(H,43,48). The molecule has 0 atom stereocenters. The van der Waals surface area contributed by atoms with Gasteiger partial charge in [0.1, 0.15) is 22.1 Å². The second-order valence-corrected chi connectivity index (χ2v) is 13.7. The van der Waals surface area contributed by atoms with Crippen LogP contribution < -0.4 is 10.7 Å². The number of pyridine rings is 1. The number of aromatic nitrogens is 1. The largest absolute Gasteiger partial charge is 0.380 e. The molecule has 0 unspecified atom stereocenters. The van der Waals surface area contributed by atoms with E-state index in [1.165, 1.54) is 35.7 Å². The van der Waals surface area contributed by atoms with Gasteiger partial charge in [0.15, 0.2) is 5.78 Å². The zero-order valence-electron chi connectivity index (χ0n) is 27.2. The van der Waals surface area contributed by atoms with Gasteiger partial charge in [0.25, 0.3) is 5.91 Å². The average molecular weight is 690 g/mol. The number of benzene rings is 4. The van der Waals surface area contributed by atoms with Gasteiger partial charge in [-0.15, -0.1) is 11.3 Å². The molecule has 7 nitrogen and oxygen atoms in total. The molecule has 1 aliphatic rings. The van der Waals surface area contributed by atoms with Crippen molar-refractivity contribution in [3.8, 4) is 10.4 Å². The van der Waals surface area contributed by atoms with Crippen molar-refractivity contribution in [2.75, 3.05) is 12.4 Å². The van der Waals surface area contributed by atoms with Crippen molar-refractivity contribution in [1.82, 2.24) is 9.47 Å². The Bertz CT molecular complexity index is 2260. The number of hydrogen-bond acceptors (Lipinski definition) is 6. The van der Waals surface area contributed by atoms with E-state index in [0.717, 1.165) is 16.0 Å². The molecule has 1 fully saturated rings. The quantitative estimate of drug-likeness (QED) is 0.139. The number of halogens is 2. The molecular weight excluding hydrogens is 657 g/mol. The molecule has 1 amide bonds. The topological polar surface area (TPSA) is 91.6 Å². The van der Waals surface area contributed by atoms with Gasteiger partial charge in [0, 0.05) is 41.0 Å². The van der Waals surface area contributed by atoms with E-state index in [1.807, 2.05) is 49.5 Å². The van der Waals surface area contributed by atoms with E-state index in [-0.39, 0.29) is 17.7 Å². The lowest BCUT2D eigenvalue weighted by molar-refractivity contribution is -0.125. The van der Waals surface area contributed by atoms with Crippen LogP contribution in [0.15, 0.2) is 114 Å². The number of carbonyl (C=O) groups is 2. The smallest absolute Gasteiger partial charge is 0.256 e. The van der Waals surface area contributed by atoms with Crippen molar-refractivity contribution in [2.45, 2.75) is 38.1 Å². The molecule has 0 spiro atoms. The molecule has 6 aromatic rings. The molecule has 0 aliphatic heterocycles. The lowest BCUT2D eigenvalue weighted by atomic mass is 10.00. The molecule has 0 saturated heterocycles. The lowest BCUT2D eigenvalue weighted by Gasteiger charge is -2.18. The Labute approximate surface area is 291 Å². The number of anilines is 1. The summed E-state index contributed by atoms with van der Waals surface area (Å²) in [6.07, 6.45) is 2.24. The first kappa shape index (κ1) is 33.2. The predicted molar refractivity (Wildman–Crippen MR) is 191 cm³/mol. The molecule has 1 saturated carbocycles. The van der Waals surface area contributed by atoms with Gasteiger partial charge in [-0.05, 0) is 60.8 Å². The van der Waals surface area contributed by atoms with Crippen LogP contribution in [-0.4, -0.2) is 38.9 Å². The van der Waals surface area contributed by atoms with Gasteiger partial charge in [-0.3, -0.25) is 19.3 Å². The second kappa shape index (κ2) is 13.5. The highest BCUT2D eigenvalue weighted by atomic mass is 32.1. The van der Waals surface area contributed by atoms with E-state index >= 15 is 8.78 Å². The number of fused-ring (bicyclic) bond motifs is 1. The number of carbonyl (C=O) groups excluding carboxylic acids is 2. The summed E-state index contributed by atoms with van der Waals surface area (Å²) in [5.41, 5.74) is 1.23. The van der Waals surface area contributed by atoms with E-state index < -0.39 is 34.4 Å². The van der Waals surface area contributed by atoms with Crippen LogP contribution in [0.4, 0.5) is 14.5 Å². The second-order valence-electron chi connectivity index (χ2n) is 12.7. The number of thiophene rings is 1. The van der Waals surface area contributed by atoms with Crippen LogP contribution in [-0.2, 0) is 24.4 Å². The van der Waals surface area contributed by atoms with E-state index in [1.54, 1.807) is 47.0 Å². The molecule has 10 heteroatoms. The van der Waals surface area contributed by atoms with Gasteiger partial charge < -0.3 is 15.0 Å². The molecular formula is C40H33F2N3O4S. The van der Waals surface area contributed by atoms with Crippen LogP contribution in [0.1, 0.15) is 45.5 Å². The molecule has 2 heterocycles. The van der Waals surface area contributed by atoms with Crippen LogP contribution >= 0.6 is 11.3 Å². The first-order chi connectivity index (χ1) is 24.1. The number of nitrogens with zero attached hydrogens (tertiary/aromatic N) is 2. The zero-order chi connectivity index (χ0) is 35.0. The van der Waals surface area contributed by atoms with Gasteiger partial charge >= 0.3 is 0 Å². The third kappa shape index (κ3) is 6.65. The molecule has 1 aliphatic carbocycles. The highest BCUT2D eigenvalue weighted by molar-refractivity contribution is 7.22. The average Bonchev–Trinajstić information content (AvgIpc) is 3.77. The summed E-state index contributed by atoms with van der Waals surface area (Å²) in [6, 6.07) is 29.1. The Morgan fingerprint density at radius 2 is 1.50 bits per heavy atom. The molecule has 4 aromatic carbocycles. The van der Waals surface area contributed by atoms with Crippen LogP contribution in [0.2, 0.25) is 0 Å². The molecule has 7 rings (SSSR count). The lowest BCUT2D eigenvalue weighted by Crippen LogP contribution is -2.29. The fourth-order valence-electron chi connectivity index (χ4n) is 6.08. The van der Waals surface area contributed by atoms with Crippen LogP contribution in [0.5, 0.6) is 0 Å². The van der Waals surface area contributed by atoms with Gasteiger partial charge in [0.2, 0.25) is 5.43 Å². The number of ketones is 1. The maximum absolute atomic E-state index is 15.0. The summed E-state index contributed by atoms with van der Waals surface area (Å²) in [5, 5.41) is 13.3. The van der Waals surface area contributed by atoms with Crippen molar-refractivity contribution in [3.05, 3.63) is 159 Å². The van der Waals surface area contributed by atoms with E-state index in [0.29, 0.717) is 53.0 Å². The minimum Gasteiger partial charge on any atom is -0.380 e. The maximum Gasteiger partial charge on any atom is 0.256 e. The molecule has 0 bridgehead atoms. The number of nitrogens with one attached hydrogen (secondary N) is 1. The summed E-state index contributed by atoms with van der Waals surface area (Å²) in [7, 11) is 1.94. The number of hydrogen-bond donors (Lipinski definition) is 2. The zero-order valence-corrected chi connectivity index (χ0v) is 28.0. The van der Waals surface area contributed by atoms with E-state index in [2.05, 4.69) is 10.2 Å². The first-order valence-electron chi connectivity index (χ1n) is 16.2. The van der Waals surface area contributed by atoms with Crippen molar-refractivity contribution >= 4 is 38.9 Å². The number of amides is 1. The molecule has 0 radical (unpaired) electrons. The molecule has 252 valence electrons. The van der Waals surface area contributed by atoms with Gasteiger partial charge in [-0.2, -0.15) is 0 Å². The minimum atomic E-state index is -1.33. The molecule has 2 aromatic heterocycles. The Morgan fingerprint density at radius 3 is 2.14 bits per heavy atom. The highest BCUT2D eigenvalue weighted by Gasteiger charge is 2.48. The van der Waals surface area contributed by atoms with Crippen molar-refractivity contribution < 1.29 is 23.5 Å². The van der Waals surface area contributed by atoms with Crippen LogP contribution in [0, 0.1) is 11.6 Å². The van der Waals surface area contributed by atoms with Gasteiger partial charge in [-0.25, -0.2) is 8.78 Å². The van der Waals surface area contributed by atoms with Gasteiger partial charge in [0.05, 0.1) is 17.5 Å². The SMILES string of the molecule is CN(Cc1ccccc1)Cc1c(-c2ccc(NC(=O)C3(O)CC3)cc2)sc2c1c(=O)c(C(=O)c1ccccc1)cn2Cc1c(F)cccc1F. The summed E-state index contributed by atoms with van der Waals surface area (Å²) in [6.45, 7) is 0.641. The van der Waals surface area contributed by atoms with Crippen molar-refractivity contribution in [2.24, 2.45) is 0 Å². The molecule has 2 N–H and O–H groups in total. The van der Waals surface area contributed by atoms with E-state index in [4.69, 9.17) is 0 Å². The first-order valence-corrected chi connectivity index (χ1v) is 17.0. The summed E-state index contributed by atoms with van der Waals surface area (Å²) in [5.74, 6) is -2.42. The fourth-order valence-corrected chi connectivity index (χ4v) is 7.37. The van der Waals surface area contributed by atoms with Crippen LogP contribution in [0.3, 0.4) is 0 Å². The van der Waals surface area contributed by atoms with Crippen molar-refractivity contribution in [3.63, 3.8) is 0 Å². The number of aliphatic hydroxyl groups is 1. The molecule has 50 heavy (non-hydrogen) atoms. The summed E-state index contributed by atoms with van der Waals surface area (Å²) in [4.78, 5) is 44.1. The Hall–Kier alpha value is -5.29. The van der Waals surface area contributed by atoms with Crippen molar-refractivity contribution in [1.29, 1.82) is 0 Å². The Kier molecular flexibility index (Phi) is 9.00. The maximum atomic E-state index is 15.0. The summed E-state index contributed by atoms with van der Waals surface area (Å²) < 4.78 is 31.7. The predicted octanol–water partition coefficient (Wildman–Crippen LogP) is 7.38. The normalized spacial score (nSPS) is 13.5. The third-order valence-corrected chi connectivity index (χ3v) is 10.3. The Balaban J connectivity index is 1.40. The minimum absolute atomic E-state index is 0.104. The Morgan fingerprint density at radius 1 is 0.860 bits per heavy atom. The van der Waals surface area contributed by atoms with E-state index in [9.17, 15) is 19.5 Å². The fraction of sp³-hybridized carbons (Fsp3) is 0.175. The summed E-state index contributed by atoms with van der Waals surface area (Å²) >= 11 is 1.30.